The number of allylic oxidation sites excluding steroid dienone is 2. The van der Waals surface area contributed by atoms with Gasteiger partial charge in [0.1, 0.15) is 5.75 Å². The number of methoxy groups -OCH3 is 1. The molecular weight excluding hydrogens is 328 g/mol. The smallest absolute Gasteiger partial charge is 0.307 e. The fraction of sp³-hybridized carbons (Fsp3) is 0.353. The van der Waals surface area contributed by atoms with Crippen LogP contribution in [0.4, 0.5) is 5.13 Å². The van der Waals surface area contributed by atoms with Gasteiger partial charge in [0.2, 0.25) is 5.91 Å². The van der Waals surface area contributed by atoms with E-state index in [0.717, 1.165) is 22.4 Å². The summed E-state index contributed by atoms with van der Waals surface area (Å²) in [6, 6.07) is 5.51. The lowest BCUT2D eigenvalue weighted by Crippen LogP contribution is -2.36. The first-order valence-electron chi connectivity index (χ1n) is 7.73. The van der Waals surface area contributed by atoms with E-state index in [2.05, 4.69) is 10.3 Å². The monoisotopic (exact) mass is 344 g/mol. The number of ether oxygens (including phenoxy) is 1. The van der Waals surface area contributed by atoms with Crippen molar-refractivity contribution in [1.82, 2.24) is 4.98 Å². The van der Waals surface area contributed by atoms with Crippen LogP contribution in [0.15, 0.2) is 30.4 Å². The Bertz CT molecular complexity index is 859. The third-order valence-electron chi connectivity index (χ3n) is 4.87. The maximum Gasteiger partial charge on any atom is 0.307 e. The Balaban J connectivity index is 1.57. The standard InChI is InChI=1S/C17H16N2O4S/c1-23-10-4-5-11-12(7-10)24-17(18-11)19-15(20)13-8-2-3-9(6-8)14(13)16(21)22/h2-5,7-9,13-14H,6H2,1H3,(H,21,22)(H,18,19,20)/t8?,9?,13-,14+/m1/s1. The zero-order chi connectivity index (χ0) is 16.8. The van der Waals surface area contributed by atoms with Crippen LogP contribution in [0.1, 0.15) is 6.42 Å². The van der Waals surface area contributed by atoms with Crippen LogP contribution in [0.25, 0.3) is 10.2 Å². The van der Waals surface area contributed by atoms with Gasteiger partial charge in [0, 0.05) is 0 Å². The van der Waals surface area contributed by atoms with Gasteiger partial charge in [0.15, 0.2) is 5.13 Å². The fourth-order valence-electron chi connectivity index (χ4n) is 3.79. The van der Waals surface area contributed by atoms with E-state index < -0.39 is 17.8 Å². The third-order valence-corrected chi connectivity index (χ3v) is 5.81. The van der Waals surface area contributed by atoms with E-state index in [4.69, 9.17) is 4.74 Å². The van der Waals surface area contributed by atoms with Crippen molar-refractivity contribution in [3.8, 4) is 5.75 Å². The highest BCUT2D eigenvalue weighted by atomic mass is 32.1. The number of fused-ring (bicyclic) bond motifs is 3. The van der Waals surface area contributed by atoms with Crippen molar-refractivity contribution < 1.29 is 19.4 Å². The summed E-state index contributed by atoms with van der Waals surface area (Å²) in [5.41, 5.74) is 0.777. The van der Waals surface area contributed by atoms with E-state index >= 15 is 0 Å². The Morgan fingerprint density at radius 2 is 2.04 bits per heavy atom. The first-order chi connectivity index (χ1) is 11.6. The second kappa shape index (κ2) is 5.59. The number of thiazole rings is 1. The maximum atomic E-state index is 12.7. The number of benzene rings is 1. The number of amides is 1. The molecule has 6 nitrogen and oxygen atoms in total. The van der Waals surface area contributed by atoms with E-state index in [9.17, 15) is 14.7 Å². The second-order valence-corrected chi connectivity index (χ2v) is 7.21. The molecule has 24 heavy (non-hydrogen) atoms. The highest BCUT2D eigenvalue weighted by Gasteiger charge is 2.51. The summed E-state index contributed by atoms with van der Waals surface area (Å²) >= 11 is 1.36. The van der Waals surface area contributed by atoms with Gasteiger partial charge in [-0.15, -0.1) is 0 Å². The molecule has 2 bridgehead atoms. The summed E-state index contributed by atoms with van der Waals surface area (Å²) < 4.78 is 6.10. The van der Waals surface area contributed by atoms with Crippen molar-refractivity contribution in [3.63, 3.8) is 0 Å². The van der Waals surface area contributed by atoms with Gasteiger partial charge in [-0.1, -0.05) is 23.5 Å². The Morgan fingerprint density at radius 1 is 1.29 bits per heavy atom. The van der Waals surface area contributed by atoms with Gasteiger partial charge in [-0.3, -0.25) is 9.59 Å². The molecule has 2 unspecified atom stereocenters. The number of anilines is 1. The average molecular weight is 344 g/mol. The van der Waals surface area contributed by atoms with Crippen molar-refractivity contribution in [3.05, 3.63) is 30.4 Å². The van der Waals surface area contributed by atoms with Crippen LogP contribution in [0.3, 0.4) is 0 Å². The highest BCUT2D eigenvalue weighted by Crippen LogP contribution is 2.48. The summed E-state index contributed by atoms with van der Waals surface area (Å²) in [6.07, 6.45) is 4.64. The Labute approximate surface area is 142 Å². The van der Waals surface area contributed by atoms with Crippen molar-refractivity contribution in [1.29, 1.82) is 0 Å². The Kier molecular flexibility index (Phi) is 3.53. The number of aliphatic carboxylic acids is 1. The molecule has 1 heterocycles. The van der Waals surface area contributed by atoms with E-state index in [1.54, 1.807) is 7.11 Å². The molecule has 2 N–H and O–H groups in total. The van der Waals surface area contributed by atoms with Gasteiger partial charge in [-0.2, -0.15) is 0 Å². The van der Waals surface area contributed by atoms with E-state index in [1.165, 1.54) is 11.3 Å². The molecule has 4 atom stereocenters. The quantitative estimate of drug-likeness (QED) is 0.833. The van der Waals surface area contributed by atoms with Crippen LogP contribution in [0, 0.1) is 23.7 Å². The highest BCUT2D eigenvalue weighted by molar-refractivity contribution is 7.22. The number of carboxylic acids is 1. The maximum absolute atomic E-state index is 12.7. The summed E-state index contributed by atoms with van der Waals surface area (Å²) in [5.74, 6) is -1.64. The summed E-state index contributed by atoms with van der Waals surface area (Å²) in [7, 11) is 1.60. The molecule has 7 heteroatoms. The molecule has 1 saturated carbocycles. The van der Waals surface area contributed by atoms with Crippen molar-refractivity contribution in [2.75, 3.05) is 12.4 Å². The van der Waals surface area contributed by atoms with Gasteiger partial charge in [0.25, 0.3) is 0 Å². The number of carbonyl (C=O) groups is 2. The molecule has 1 aromatic carbocycles. The zero-order valence-corrected chi connectivity index (χ0v) is 13.7. The number of rotatable bonds is 4. The molecular formula is C17H16N2O4S. The second-order valence-electron chi connectivity index (χ2n) is 6.18. The fourth-order valence-corrected chi connectivity index (χ4v) is 4.69. The van der Waals surface area contributed by atoms with Gasteiger partial charge < -0.3 is 15.2 Å². The molecule has 124 valence electrons. The molecule has 1 fully saturated rings. The summed E-state index contributed by atoms with van der Waals surface area (Å²) in [4.78, 5) is 28.6. The Morgan fingerprint density at radius 3 is 2.75 bits per heavy atom. The molecule has 0 radical (unpaired) electrons. The molecule has 0 saturated heterocycles. The van der Waals surface area contributed by atoms with E-state index in [0.29, 0.717) is 5.13 Å². The van der Waals surface area contributed by atoms with Crippen LogP contribution < -0.4 is 10.1 Å². The lowest BCUT2D eigenvalue weighted by molar-refractivity contribution is -0.146. The van der Waals surface area contributed by atoms with Gasteiger partial charge in [-0.25, -0.2) is 4.98 Å². The molecule has 1 amide bonds. The SMILES string of the molecule is COc1ccc2nc(NC(=O)[C@@H]3C4C=CC(C4)[C@@H]3C(=O)O)sc2c1. The van der Waals surface area contributed by atoms with Gasteiger partial charge in [-0.05, 0) is 36.5 Å². The Hall–Kier alpha value is -2.41. The molecule has 4 rings (SSSR count). The van der Waals surface area contributed by atoms with Crippen LogP contribution in [0.2, 0.25) is 0 Å². The number of carboxylic acid groups (broad SMARTS) is 1. The van der Waals surface area contributed by atoms with Crippen molar-refractivity contribution in [2.24, 2.45) is 23.7 Å². The lowest BCUT2D eigenvalue weighted by atomic mass is 9.82. The van der Waals surface area contributed by atoms with Crippen LogP contribution in [-0.2, 0) is 9.59 Å². The van der Waals surface area contributed by atoms with Crippen molar-refractivity contribution >= 4 is 38.6 Å². The van der Waals surface area contributed by atoms with Crippen LogP contribution >= 0.6 is 11.3 Å². The molecule has 1 aromatic heterocycles. The number of nitrogens with zero attached hydrogens (tertiary/aromatic N) is 1. The molecule has 2 aliphatic rings. The first kappa shape index (κ1) is 15.1. The minimum absolute atomic E-state index is 0.00516. The minimum Gasteiger partial charge on any atom is -0.497 e. The number of carbonyl (C=O) groups excluding carboxylic acids is 1. The zero-order valence-electron chi connectivity index (χ0n) is 12.9. The molecule has 2 aromatic rings. The van der Waals surface area contributed by atoms with Crippen LogP contribution in [-0.4, -0.2) is 29.1 Å². The van der Waals surface area contributed by atoms with Gasteiger partial charge in [0.05, 0.1) is 29.2 Å². The topological polar surface area (TPSA) is 88.5 Å². The normalized spacial score (nSPS) is 27.5. The number of hydrogen-bond donors (Lipinski definition) is 2. The summed E-state index contributed by atoms with van der Waals surface area (Å²) in [5, 5.41) is 12.7. The molecule has 0 aliphatic heterocycles. The largest absolute Gasteiger partial charge is 0.497 e. The molecule has 0 spiro atoms. The number of aromatic nitrogens is 1. The summed E-state index contributed by atoms with van der Waals surface area (Å²) in [6.45, 7) is 0. The van der Waals surface area contributed by atoms with E-state index in [-0.39, 0.29) is 17.7 Å². The first-order valence-corrected chi connectivity index (χ1v) is 8.55. The molecule has 2 aliphatic carbocycles. The third kappa shape index (κ3) is 2.36. The predicted octanol–water partition coefficient (Wildman–Crippen LogP) is 2.77. The van der Waals surface area contributed by atoms with Crippen molar-refractivity contribution in [2.45, 2.75) is 6.42 Å². The average Bonchev–Trinajstić information content (AvgIpc) is 3.26. The van der Waals surface area contributed by atoms with Crippen LogP contribution in [0.5, 0.6) is 5.75 Å². The van der Waals surface area contributed by atoms with E-state index in [1.807, 2.05) is 30.4 Å². The minimum atomic E-state index is -0.902. The predicted molar refractivity (Wildman–Crippen MR) is 90.2 cm³/mol. The van der Waals surface area contributed by atoms with Gasteiger partial charge >= 0.3 is 5.97 Å². The number of hydrogen-bond acceptors (Lipinski definition) is 5. The number of nitrogens with one attached hydrogen (secondary N) is 1. The lowest BCUT2D eigenvalue weighted by Gasteiger charge is -2.23.